The average Bonchev–Trinajstić information content (AvgIpc) is 3.07. The van der Waals surface area contributed by atoms with Crippen LogP contribution in [0.15, 0.2) is 30.5 Å². The molecule has 0 saturated heterocycles. The van der Waals surface area contributed by atoms with Gasteiger partial charge in [-0.1, -0.05) is 0 Å². The summed E-state index contributed by atoms with van der Waals surface area (Å²) in [7, 11) is 1.65. The predicted molar refractivity (Wildman–Crippen MR) is 89.6 cm³/mol. The number of ether oxygens (including phenoxy) is 1. The molecule has 0 saturated carbocycles. The molecular weight excluding hydrogens is 306 g/mol. The molecule has 7 heteroatoms. The van der Waals surface area contributed by atoms with E-state index in [0.717, 1.165) is 22.4 Å². The molecule has 122 valence electrons. The molecule has 0 aliphatic heterocycles. The zero-order chi connectivity index (χ0) is 17.3. The number of amides is 1. The maximum Gasteiger partial charge on any atom is 0.266 e. The highest BCUT2D eigenvalue weighted by Gasteiger charge is 2.13. The zero-order valence-corrected chi connectivity index (χ0v) is 13.6. The van der Waals surface area contributed by atoms with Crippen molar-refractivity contribution in [2.45, 2.75) is 13.8 Å². The van der Waals surface area contributed by atoms with Crippen LogP contribution in [0.1, 0.15) is 21.6 Å². The topological polar surface area (TPSA) is 107 Å². The molecule has 0 bridgehead atoms. The number of aromatic nitrogens is 4. The maximum atomic E-state index is 11.2. The number of aromatic amines is 1. The minimum atomic E-state index is -0.565. The van der Waals surface area contributed by atoms with Gasteiger partial charge in [-0.05, 0) is 49.2 Å². The smallest absolute Gasteiger partial charge is 0.266 e. The van der Waals surface area contributed by atoms with Gasteiger partial charge in [-0.25, -0.2) is 9.97 Å². The Kier molecular flexibility index (Phi) is 3.99. The van der Waals surface area contributed by atoms with Crippen molar-refractivity contribution in [2.24, 2.45) is 5.73 Å². The first-order valence-electron chi connectivity index (χ1n) is 7.34. The number of primary amides is 1. The van der Waals surface area contributed by atoms with Crippen molar-refractivity contribution in [3.63, 3.8) is 0 Å². The van der Waals surface area contributed by atoms with Crippen LogP contribution in [0.5, 0.6) is 5.75 Å². The second-order valence-electron chi connectivity index (χ2n) is 5.43. The van der Waals surface area contributed by atoms with Gasteiger partial charge in [-0.3, -0.25) is 9.89 Å². The van der Waals surface area contributed by atoms with Crippen molar-refractivity contribution >= 4 is 5.91 Å². The molecule has 24 heavy (non-hydrogen) atoms. The van der Waals surface area contributed by atoms with Crippen LogP contribution in [0, 0.1) is 13.8 Å². The van der Waals surface area contributed by atoms with Crippen molar-refractivity contribution < 1.29 is 9.53 Å². The van der Waals surface area contributed by atoms with Gasteiger partial charge in [0.15, 0.2) is 5.82 Å². The van der Waals surface area contributed by atoms with E-state index in [1.165, 1.54) is 0 Å². The summed E-state index contributed by atoms with van der Waals surface area (Å²) in [6.45, 7) is 3.95. The zero-order valence-electron chi connectivity index (χ0n) is 13.6. The molecule has 0 aliphatic rings. The maximum absolute atomic E-state index is 11.2. The number of nitrogens with two attached hydrogens (primary N) is 1. The SMILES string of the molecule is COc1cc(C)c(-c2nccc(-c3cc(C(N)=O)[nH]n3)n2)cc1C. The fourth-order valence-corrected chi connectivity index (χ4v) is 2.46. The van der Waals surface area contributed by atoms with E-state index in [-0.39, 0.29) is 5.69 Å². The molecule has 0 atom stereocenters. The Morgan fingerprint density at radius 3 is 2.62 bits per heavy atom. The van der Waals surface area contributed by atoms with Crippen LogP contribution in [-0.2, 0) is 0 Å². The summed E-state index contributed by atoms with van der Waals surface area (Å²) >= 11 is 0. The summed E-state index contributed by atoms with van der Waals surface area (Å²) in [5, 5.41) is 6.67. The molecule has 3 rings (SSSR count). The third-order valence-electron chi connectivity index (χ3n) is 3.74. The molecular formula is C17H17N5O2. The first-order valence-corrected chi connectivity index (χ1v) is 7.34. The number of benzene rings is 1. The van der Waals surface area contributed by atoms with Crippen molar-refractivity contribution in [1.29, 1.82) is 0 Å². The quantitative estimate of drug-likeness (QED) is 0.766. The van der Waals surface area contributed by atoms with Crippen LogP contribution < -0.4 is 10.5 Å². The molecule has 2 heterocycles. The van der Waals surface area contributed by atoms with Gasteiger partial charge in [-0.2, -0.15) is 5.10 Å². The Morgan fingerprint density at radius 1 is 1.17 bits per heavy atom. The molecule has 7 nitrogen and oxygen atoms in total. The van der Waals surface area contributed by atoms with E-state index in [9.17, 15) is 4.79 Å². The Labute approximate surface area is 138 Å². The molecule has 1 aromatic carbocycles. The van der Waals surface area contributed by atoms with Crippen LogP contribution in [0.25, 0.3) is 22.8 Å². The first-order chi connectivity index (χ1) is 11.5. The minimum Gasteiger partial charge on any atom is -0.496 e. The summed E-state index contributed by atoms with van der Waals surface area (Å²) in [6, 6.07) is 7.25. The summed E-state index contributed by atoms with van der Waals surface area (Å²) in [6.07, 6.45) is 1.66. The molecule has 1 amide bonds. The average molecular weight is 323 g/mol. The van der Waals surface area contributed by atoms with Gasteiger partial charge >= 0.3 is 0 Å². The molecule has 0 spiro atoms. The highest BCUT2D eigenvalue weighted by molar-refractivity contribution is 5.91. The van der Waals surface area contributed by atoms with Gasteiger partial charge in [0.1, 0.15) is 17.1 Å². The lowest BCUT2D eigenvalue weighted by Gasteiger charge is -2.10. The highest BCUT2D eigenvalue weighted by atomic mass is 16.5. The normalized spacial score (nSPS) is 10.6. The second-order valence-corrected chi connectivity index (χ2v) is 5.43. The number of H-pyrrole nitrogens is 1. The molecule has 2 aromatic heterocycles. The Balaban J connectivity index is 2.04. The number of carbonyl (C=O) groups is 1. The number of nitrogens with zero attached hydrogens (tertiary/aromatic N) is 3. The fourth-order valence-electron chi connectivity index (χ4n) is 2.46. The lowest BCUT2D eigenvalue weighted by atomic mass is 10.0. The van der Waals surface area contributed by atoms with E-state index >= 15 is 0 Å². The van der Waals surface area contributed by atoms with Crippen molar-refractivity contribution in [3.8, 4) is 28.5 Å². The lowest BCUT2D eigenvalue weighted by Crippen LogP contribution is -2.10. The number of aryl methyl sites for hydroxylation is 2. The fraction of sp³-hybridized carbons (Fsp3) is 0.176. The van der Waals surface area contributed by atoms with E-state index in [1.807, 2.05) is 26.0 Å². The van der Waals surface area contributed by atoms with Crippen LogP contribution in [0.2, 0.25) is 0 Å². The number of rotatable bonds is 4. The largest absolute Gasteiger partial charge is 0.496 e. The highest BCUT2D eigenvalue weighted by Crippen LogP contribution is 2.29. The van der Waals surface area contributed by atoms with Gasteiger partial charge in [0.05, 0.1) is 12.8 Å². The van der Waals surface area contributed by atoms with Gasteiger partial charge in [0.25, 0.3) is 5.91 Å². The second kappa shape index (κ2) is 6.11. The number of methoxy groups -OCH3 is 1. The molecule has 3 aromatic rings. The summed E-state index contributed by atoms with van der Waals surface area (Å²) in [5.74, 6) is 0.842. The molecule has 0 radical (unpaired) electrons. The number of hydrogen-bond acceptors (Lipinski definition) is 5. The van der Waals surface area contributed by atoms with Crippen LogP contribution in [0.4, 0.5) is 0 Å². The summed E-state index contributed by atoms with van der Waals surface area (Å²) in [5.41, 5.74) is 9.55. The standard InChI is InChI=1S/C17H17N5O2/c1-9-7-15(24-3)10(2)6-11(9)17-19-5-4-12(20-17)13-8-14(16(18)23)22-21-13/h4-8H,1-3H3,(H2,18,23)(H,21,22). The first kappa shape index (κ1) is 15.7. The molecule has 0 unspecified atom stereocenters. The van der Waals surface area contributed by atoms with Crippen molar-refractivity contribution in [3.05, 3.63) is 47.3 Å². The summed E-state index contributed by atoms with van der Waals surface area (Å²) in [4.78, 5) is 20.1. The molecule has 0 aliphatic carbocycles. The van der Waals surface area contributed by atoms with E-state index in [0.29, 0.717) is 17.2 Å². The number of nitrogens with one attached hydrogen (secondary N) is 1. The van der Waals surface area contributed by atoms with Crippen LogP contribution in [-0.4, -0.2) is 33.2 Å². The number of hydrogen-bond donors (Lipinski definition) is 2. The lowest BCUT2D eigenvalue weighted by molar-refractivity contribution is 0.0995. The van der Waals surface area contributed by atoms with Crippen LogP contribution in [0.3, 0.4) is 0 Å². The van der Waals surface area contributed by atoms with E-state index in [4.69, 9.17) is 10.5 Å². The van der Waals surface area contributed by atoms with E-state index in [2.05, 4.69) is 20.2 Å². The third kappa shape index (κ3) is 2.83. The number of carbonyl (C=O) groups excluding carboxylic acids is 1. The Morgan fingerprint density at radius 2 is 1.96 bits per heavy atom. The van der Waals surface area contributed by atoms with Gasteiger partial charge in [0.2, 0.25) is 0 Å². The van der Waals surface area contributed by atoms with Gasteiger partial charge in [-0.15, -0.1) is 0 Å². The predicted octanol–water partition coefficient (Wildman–Crippen LogP) is 2.26. The molecule has 3 N–H and O–H groups in total. The van der Waals surface area contributed by atoms with Crippen molar-refractivity contribution in [2.75, 3.05) is 7.11 Å². The minimum absolute atomic E-state index is 0.238. The van der Waals surface area contributed by atoms with E-state index < -0.39 is 5.91 Å². The van der Waals surface area contributed by atoms with Gasteiger partial charge in [0, 0.05) is 11.8 Å². The Bertz CT molecular complexity index is 917. The van der Waals surface area contributed by atoms with Gasteiger partial charge < -0.3 is 10.5 Å². The monoisotopic (exact) mass is 323 g/mol. The third-order valence-corrected chi connectivity index (χ3v) is 3.74. The van der Waals surface area contributed by atoms with Crippen LogP contribution >= 0.6 is 0 Å². The Hall–Kier alpha value is -3.22. The summed E-state index contributed by atoms with van der Waals surface area (Å²) < 4.78 is 5.34. The van der Waals surface area contributed by atoms with Crippen molar-refractivity contribution in [1.82, 2.24) is 20.2 Å². The molecule has 0 fully saturated rings. The van der Waals surface area contributed by atoms with E-state index in [1.54, 1.807) is 25.4 Å².